The van der Waals surface area contributed by atoms with E-state index >= 15 is 0 Å². The molecule has 0 fully saturated rings. The number of anilines is 2. The van der Waals surface area contributed by atoms with Crippen molar-refractivity contribution in [3.8, 4) is 5.75 Å². The summed E-state index contributed by atoms with van der Waals surface area (Å²) in [5.74, 6) is 0.354. The Morgan fingerprint density at radius 1 is 1.21 bits per heavy atom. The van der Waals surface area contributed by atoms with E-state index in [0.717, 1.165) is 27.7 Å². The van der Waals surface area contributed by atoms with Crippen molar-refractivity contribution in [1.29, 1.82) is 0 Å². The molecule has 1 aliphatic rings. The molecule has 1 unspecified atom stereocenters. The lowest BCUT2D eigenvalue weighted by Crippen LogP contribution is -2.42. The molecular formula is C22H22N2O4. The van der Waals surface area contributed by atoms with Gasteiger partial charge in [0.15, 0.2) is 6.10 Å². The first kappa shape index (κ1) is 18.1. The van der Waals surface area contributed by atoms with Gasteiger partial charge in [-0.25, -0.2) is 0 Å². The fourth-order valence-electron chi connectivity index (χ4n) is 3.72. The molecular weight excluding hydrogens is 356 g/mol. The van der Waals surface area contributed by atoms with Crippen LogP contribution >= 0.6 is 0 Å². The van der Waals surface area contributed by atoms with Gasteiger partial charge < -0.3 is 19.4 Å². The van der Waals surface area contributed by atoms with Crippen molar-refractivity contribution in [3.05, 3.63) is 53.3 Å². The lowest BCUT2D eigenvalue weighted by molar-refractivity contribution is -0.125. The van der Waals surface area contributed by atoms with Gasteiger partial charge in [0.1, 0.15) is 11.3 Å². The molecule has 0 saturated carbocycles. The zero-order chi connectivity index (χ0) is 20.0. The molecule has 3 aromatic rings. The molecule has 0 bridgehead atoms. The van der Waals surface area contributed by atoms with E-state index in [1.165, 1.54) is 0 Å². The van der Waals surface area contributed by atoms with Crippen molar-refractivity contribution in [2.75, 3.05) is 17.3 Å². The SMILES string of the molecule is Cc1cc(C)c2c(CC(=O)Nc3ccc4c(c3)N(C)C(=O)C(C)O4)coc2c1. The highest BCUT2D eigenvalue weighted by molar-refractivity contribution is 6.01. The van der Waals surface area contributed by atoms with Crippen LogP contribution in [0.5, 0.6) is 5.75 Å². The maximum absolute atomic E-state index is 12.6. The number of carbonyl (C=O) groups is 2. The summed E-state index contributed by atoms with van der Waals surface area (Å²) in [5, 5.41) is 3.88. The third kappa shape index (κ3) is 3.11. The second-order valence-electron chi connectivity index (χ2n) is 7.28. The van der Waals surface area contributed by atoms with Gasteiger partial charge in [0.2, 0.25) is 5.91 Å². The number of hydrogen-bond donors (Lipinski definition) is 1. The van der Waals surface area contributed by atoms with E-state index in [4.69, 9.17) is 9.15 Å². The Morgan fingerprint density at radius 3 is 2.79 bits per heavy atom. The number of hydrogen-bond acceptors (Lipinski definition) is 4. The van der Waals surface area contributed by atoms with Crippen LogP contribution in [0, 0.1) is 13.8 Å². The highest BCUT2D eigenvalue weighted by Gasteiger charge is 2.29. The Kier molecular flexibility index (Phi) is 4.34. The van der Waals surface area contributed by atoms with Gasteiger partial charge in [-0.05, 0) is 56.2 Å². The molecule has 1 N–H and O–H groups in total. The fourth-order valence-corrected chi connectivity index (χ4v) is 3.72. The summed E-state index contributed by atoms with van der Waals surface area (Å²) < 4.78 is 11.2. The quantitative estimate of drug-likeness (QED) is 0.748. The van der Waals surface area contributed by atoms with Gasteiger partial charge >= 0.3 is 0 Å². The van der Waals surface area contributed by atoms with Gasteiger partial charge in [0.25, 0.3) is 5.91 Å². The maximum Gasteiger partial charge on any atom is 0.267 e. The number of furan rings is 1. The third-order valence-corrected chi connectivity index (χ3v) is 5.03. The van der Waals surface area contributed by atoms with Crippen LogP contribution in [0.1, 0.15) is 23.6 Å². The first-order valence-corrected chi connectivity index (χ1v) is 9.19. The van der Waals surface area contributed by atoms with E-state index in [0.29, 0.717) is 17.1 Å². The lowest BCUT2D eigenvalue weighted by atomic mass is 10.0. The summed E-state index contributed by atoms with van der Waals surface area (Å²) in [4.78, 5) is 26.3. The molecule has 2 amide bonds. The summed E-state index contributed by atoms with van der Waals surface area (Å²) >= 11 is 0. The van der Waals surface area contributed by atoms with Crippen LogP contribution in [-0.2, 0) is 16.0 Å². The number of aryl methyl sites for hydroxylation is 2. The third-order valence-electron chi connectivity index (χ3n) is 5.03. The minimum absolute atomic E-state index is 0.119. The van der Waals surface area contributed by atoms with Gasteiger partial charge in [-0.15, -0.1) is 0 Å². The Balaban J connectivity index is 1.55. The first-order chi connectivity index (χ1) is 13.3. The van der Waals surface area contributed by atoms with Gasteiger partial charge in [-0.3, -0.25) is 9.59 Å². The predicted octanol–water partition coefficient (Wildman–Crippen LogP) is 3.97. The van der Waals surface area contributed by atoms with E-state index in [1.54, 1.807) is 43.3 Å². The van der Waals surface area contributed by atoms with Crippen LogP contribution in [-0.4, -0.2) is 25.0 Å². The number of fused-ring (bicyclic) bond motifs is 2. The minimum atomic E-state index is -0.515. The number of amides is 2. The number of nitrogens with one attached hydrogen (secondary N) is 1. The van der Waals surface area contributed by atoms with Crippen LogP contribution in [0.25, 0.3) is 11.0 Å². The number of nitrogens with zero attached hydrogens (tertiary/aromatic N) is 1. The molecule has 2 aromatic carbocycles. The Hall–Kier alpha value is -3.28. The van der Waals surface area contributed by atoms with Crippen molar-refractivity contribution in [2.24, 2.45) is 0 Å². The van der Waals surface area contributed by atoms with Crippen LogP contribution < -0.4 is 15.0 Å². The number of ether oxygens (including phenoxy) is 1. The normalized spacial score (nSPS) is 16.1. The fraction of sp³-hybridized carbons (Fsp3) is 0.273. The summed E-state index contributed by atoms with van der Waals surface area (Å²) in [6, 6.07) is 9.34. The van der Waals surface area contributed by atoms with E-state index in [-0.39, 0.29) is 18.2 Å². The molecule has 0 saturated heterocycles. The van der Waals surface area contributed by atoms with Gasteiger partial charge in [0, 0.05) is 23.7 Å². The molecule has 0 aliphatic carbocycles. The van der Waals surface area contributed by atoms with Crippen molar-refractivity contribution in [2.45, 2.75) is 33.3 Å². The molecule has 0 spiro atoms. The van der Waals surface area contributed by atoms with E-state index in [9.17, 15) is 9.59 Å². The Bertz CT molecular complexity index is 1100. The van der Waals surface area contributed by atoms with Crippen LogP contribution in [0.3, 0.4) is 0 Å². The Morgan fingerprint density at radius 2 is 2.00 bits per heavy atom. The molecule has 6 nitrogen and oxygen atoms in total. The van der Waals surface area contributed by atoms with Crippen LogP contribution in [0.15, 0.2) is 41.0 Å². The average molecular weight is 378 g/mol. The predicted molar refractivity (Wildman–Crippen MR) is 108 cm³/mol. The number of benzene rings is 2. The van der Waals surface area contributed by atoms with Gasteiger partial charge in [-0.2, -0.15) is 0 Å². The zero-order valence-corrected chi connectivity index (χ0v) is 16.3. The second-order valence-corrected chi connectivity index (χ2v) is 7.28. The molecule has 1 atom stereocenters. The monoisotopic (exact) mass is 378 g/mol. The van der Waals surface area contributed by atoms with Crippen molar-refractivity contribution in [3.63, 3.8) is 0 Å². The molecule has 4 rings (SSSR count). The zero-order valence-electron chi connectivity index (χ0n) is 16.3. The van der Waals surface area contributed by atoms with Gasteiger partial charge in [0.05, 0.1) is 18.4 Å². The van der Waals surface area contributed by atoms with E-state index < -0.39 is 6.10 Å². The smallest absolute Gasteiger partial charge is 0.267 e. The van der Waals surface area contributed by atoms with Crippen molar-refractivity contribution < 1.29 is 18.7 Å². The second kappa shape index (κ2) is 6.71. The largest absolute Gasteiger partial charge is 0.479 e. The summed E-state index contributed by atoms with van der Waals surface area (Å²) in [7, 11) is 1.70. The summed E-state index contributed by atoms with van der Waals surface area (Å²) in [6.45, 7) is 5.75. The number of carbonyl (C=O) groups excluding carboxylic acids is 2. The highest BCUT2D eigenvalue weighted by atomic mass is 16.5. The van der Waals surface area contributed by atoms with Crippen LogP contribution in [0.2, 0.25) is 0 Å². The van der Waals surface area contributed by atoms with Gasteiger partial charge in [-0.1, -0.05) is 6.07 Å². The average Bonchev–Trinajstić information content (AvgIpc) is 3.03. The van der Waals surface area contributed by atoms with E-state index in [2.05, 4.69) is 11.4 Å². The van der Waals surface area contributed by atoms with Crippen molar-refractivity contribution >= 4 is 34.2 Å². The molecule has 6 heteroatoms. The maximum atomic E-state index is 12.6. The minimum Gasteiger partial charge on any atom is -0.479 e. The molecule has 2 heterocycles. The molecule has 28 heavy (non-hydrogen) atoms. The lowest BCUT2D eigenvalue weighted by Gasteiger charge is -2.30. The highest BCUT2D eigenvalue weighted by Crippen LogP contribution is 2.35. The summed E-state index contributed by atoms with van der Waals surface area (Å²) in [6.07, 6.45) is 1.33. The number of rotatable bonds is 3. The molecule has 144 valence electrons. The Labute approximate surface area is 163 Å². The molecule has 0 radical (unpaired) electrons. The molecule has 1 aromatic heterocycles. The van der Waals surface area contributed by atoms with Crippen molar-refractivity contribution in [1.82, 2.24) is 0 Å². The van der Waals surface area contributed by atoms with Crippen LogP contribution in [0.4, 0.5) is 11.4 Å². The standard InChI is InChI=1S/C22H22N2O4/c1-12-7-13(2)21-15(11-27-19(21)8-12)9-20(25)23-16-5-6-18-17(10-16)24(4)22(26)14(3)28-18/h5-8,10-11,14H,9H2,1-4H3,(H,23,25). The topological polar surface area (TPSA) is 71.8 Å². The first-order valence-electron chi connectivity index (χ1n) is 9.19. The number of likely N-dealkylation sites (N-methyl/N-ethyl adjacent to an activating group) is 1. The summed E-state index contributed by atoms with van der Waals surface area (Å²) in [5.41, 5.74) is 5.11. The molecule has 1 aliphatic heterocycles. The van der Waals surface area contributed by atoms with E-state index in [1.807, 2.05) is 19.9 Å².